The minimum absolute atomic E-state index is 0.0914. The fourth-order valence-electron chi connectivity index (χ4n) is 3.54. The summed E-state index contributed by atoms with van der Waals surface area (Å²) >= 11 is 1.46. The number of hydrogen-bond donors (Lipinski definition) is 1. The molecule has 1 amide bonds. The lowest BCUT2D eigenvalue weighted by Crippen LogP contribution is -2.35. The molecule has 1 saturated heterocycles. The Hall–Kier alpha value is -1.90. The number of amides is 1. The molecule has 0 bridgehead atoms. The molecule has 2 aromatic rings. The molecule has 158 valence electrons. The van der Waals surface area contributed by atoms with Gasteiger partial charge in [-0.1, -0.05) is 19.8 Å². The minimum Gasteiger partial charge on any atom is -0.495 e. The fraction of sp³-hybridized carbons (Fsp3) is 0.476. The largest absolute Gasteiger partial charge is 0.495 e. The highest BCUT2D eigenvalue weighted by molar-refractivity contribution is 7.89. The van der Waals surface area contributed by atoms with Crippen molar-refractivity contribution < 1.29 is 17.9 Å². The van der Waals surface area contributed by atoms with E-state index in [2.05, 4.69) is 12.2 Å². The lowest BCUT2D eigenvalue weighted by atomic mass is 10.1. The zero-order valence-corrected chi connectivity index (χ0v) is 18.8. The lowest BCUT2D eigenvalue weighted by molar-refractivity contribution is 0.103. The van der Waals surface area contributed by atoms with Gasteiger partial charge in [-0.15, -0.1) is 11.3 Å². The zero-order chi connectivity index (χ0) is 21.0. The van der Waals surface area contributed by atoms with E-state index in [4.69, 9.17) is 4.74 Å². The van der Waals surface area contributed by atoms with E-state index in [1.807, 2.05) is 13.0 Å². The number of aryl methyl sites for hydroxylation is 2. The second-order valence-corrected chi connectivity index (χ2v) is 10.4. The third-order valence-corrected chi connectivity index (χ3v) is 8.13. The van der Waals surface area contributed by atoms with Crippen LogP contribution in [0.1, 0.15) is 52.7 Å². The van der Waals surface area contributed by atoms with Crippen LogP contribution in [0.2, 0.25) is 0 Å². The van der Waals surface area contributed by atoms with Gasteiger partial charge in [-0.05, 0) is 56.0 Å². The number of carbonyl (C=O) groups is 1. The third kappa shape index (κ3) is 4.82. The number of sulfonamides is 1. The molecule has 0 atom stereocenters. The molecular weight excluding hydrogens is 408 g/mol. The van der Waals surface area contributed by atoms with Crippen molar-refractivity contribution in [2.45, 2.75) is 50.8 Å². The number of ether oxygens (including phenoxy) is 1. The Morgan fingerprint density at radius 1 is 1.21 bits per heavy atom. The van der Waals surface area contributed by atoms with E-state index in [0.717, 1.165) is 37.0 Å². The van der Waals surface area contributed by atoms with Gasteiger partial charge in [0.15, 0.2) is 0 Å². The van der Waals surface area contributed by atoms with Crippen LogP contribution in [-0.2, 0) is 16.4 Å². The molecule has 0 spiro atoms. The predicted molar refractivity (Wildman–Crippen MR) is 117 cm³/mol. The van der Waals surface area contributed by atoms with Crippen LogP contribution in [0.25, 0.3) is 0 Å². The fourth-order valence-corrected chi connectivity index (χ4v) is 6.21. The van der Waals surface area contributed by atoms with E-state index in [1.54, 1.807) is 12.1 Å². The Balaban J connectivity index is 1.86. The smallest absolute Gasteiger partial charge is 0.265 e. The normalized spacial score (nSPS) is 15.3. The van der Waals surface area contributed by atoms with E-state index in [-0.39, 0.29) is 16.6 Å². The number of carbonyl (C=O) groups excluding carboxylic acids is 1. The molecule has 1 fully saturated rings. The summed E-state index contributed by atoms with van der Waals surface area (Å²) < 4.78 is 33.1. The summed E-state index contributed by atoms with van der Waals surface area (Å²) in [5, 5.41) is 2.84. The summed E-state index contributed by atoms with van der Waals surface area (Å²) in [5.74, 6) is 0.0534. The first-order valence-electron chi connectivity index (χ1n) is 9.95. The lowest BCUT2D eigenvalue weighted by Gasteiger charge is -2.26. The average Bonchev–Trinajstić information content (AvgIpc) is 3.09. The van der Waals surface area contributed by atoms with Crippen molar-refractivity contribution in [1.82, 2.24) is 4.31 Å². The molecule has 1 aromatic heterocycles. The van der Waals surface area contributed by atoms with Crippen LogP contribution >= 0.6 is 11.3 Å². The molecule has 2 heterocycles. The number of nitrogens with zero attached hydrogens (tertiary/aromatic N) is 1. The number of rotatable bonds is 7. The van der Waals surface area contributed by atoms with E-state index in [1.165, 1.54) is 34.4 Å². The molecule has 1 aliphatic heterocycles. The molecule has 0 saturated carbocycles. The van der Waals surface area contributed by atoms with Gasteiger partial charge in [0.25, 0.3) is 5.91 Å². The second kappa shape index (κ2) is 9.28. The molecule has 8 heteroatoms. The van der Waals surface area contributed by atoms with Crippen LogP contribution in [0.5, 0.6) is 5.75 Å². The SMILES string of the molecule is CCCc1cc(C(=O)Nc2ccc(OC)c(S(=O)(=O)N3CCCCC3)c2)sc1C. The van der Waals surface area contributed by atoms with Gasteiger partial charge in [-0.25, -0.2) is 8.42 Å². The van der Waals surface area contributed by atoms with Crippen LogP contribution in [-0.4, -0.2) is 38.8 Å². The molecule has 29 heavy (non-hydrogen) atoms. The van der Waals surface area contributed by atoms with Gasteiger partial charge in [0, 0.05) is 23.7 Å². The van der Waals surface area contributed by atoms with Crippen molar-refractivity contribution in [3.05, 3.63) is 39.6 Å². The molecule has 0 unspecified atom stereocenters. The highest BCUT2D eigenvalue weighted by Crippen LogP contribution is 2.32. The maximum Gasteiger partial charge on any atom is 0.265 e. The van der Waals surface area contributed by atoms with Crippen molar-refractivity contribution >= 4 is 33.0 Å². The summed E-state index contributed by atoms with van der Waals surface area (Å²) in [6.45, 7) is 5.15. The molecule has 1 aliphatic rings. The highest BCUT2D eigenvalue weighted by atomic mass is 32.2. The van der Waals surface area contributed by atoms with Crippen molar-refractivity contribution in [2.75, 3.05) is 25.5 Å². The average molecular weight is 437 g/mol. The van der Waals surface area contributed by atoms with Gasteiger partial charge >= 0.3 is 0 Å². The van der Waals surface area contributed by atoms with Crippen LogP contribution in [0.3, 0.4) is 0 Å². The topological polar surface area (TPSA) is 75.7 Å². The number of hydrogen-bond acceptors (Lipinski definition) is 5. The second-order valence-electron chi connectivity index (χ2n) is 7.23. The van der Waals surface area contributed by atoms with Crippen LogP contribution in [0, 0.1) is 6.92 Å². The van der Waals surface area contributed by atoms with E-state index < -0.39 is 10.0 Å². The first-order chi connectivity index (χ1) is 13.9. The van der Waals surface area contributed by atoms with Crippen LogP contribution < -0.4 is 10.1 Å². The van der Waals surface area contributed by atoms with Crippen molar-refractivity contribution in [3.8, 4) is 5.75 Å². The number of piperidine rings is 1. The molecule has 1 N–H and O–H groups in total. The van der Waals surface area contributed by atoms with Crippen LogP contribution in [0.4, 0.5) is 5.69 Å². The summed E-state index contributed by atoms with van der Waals surface area (Å²) in [6, 6.07) is 6.68. The van der Waals surface area contributed by atoms with Gasteiger partial charge in [-0.2, -0.15) is 4.31 Å². The van der Waals surface area contributed by atoms with Gasteiger partial charge in [-0.3, -0.25) is 4.79 Å². The molecule has 1 aromatic carbocycles. The zero-order valence-electron chi connectivity index (χ0n) is 17.2. The van der Waals surface area contributed by atoms with Gasteiger partial charge in [0.1, 0.15) is 10.6 Å². The standard InChI is InChI=1S/C21H28N2O4S2/c1-4-8-16-13-19(28-15(16)2)21(24)22-17-9-10-18(27-3)20(14-17)29(25,26)23-11-6-5-7-12-23/h9-10,13-14H,4-8,11-12H2,1-3H3,(H,22,24). The first-order valence-corrected chi connectivity index (χ1v) is 12.2. The molecule has 6 nitrogen and oxygen atoms in total. The molecule has 0 radical (unpaired) electrons. The van der Waals surface area contributed by atoms with Crippen molar-refractivity contribution in [1.29, 1.82) is 0 Å². The number of thiophene rings is 1. The van der Waals surface area contributed by atoms with E-state index >= 15 is 0 Å². The number of methoxy groups -OCH3 is 1. The Kier molecular flexibility index (Phi) is 6.97. The number of benzene rings is 1. The molecular formula is C21H28N2O4S2. The number of nitrogens with one attached hydrogen (secondary N) is 1. The Labute approximate surface area is 176 Å². The van der Waals surface area contributed by atoms with E-state index in [9.17, 15) is 13.2 Å². The Bertz CT molecular complexity index is 977. The minimum atomic E-state index is -3.68. The van der Waals surface area contributed by atoms with Gasteiger partial charge in [0.05, 0.1) is 12.0 Å². The number of anilines is 1. The van der Waals surface area contributed by atoms with Gasteiger partial charge in [0.2, 0.25) is 10.0 Å². The summed E-state index contributed by atoms with van der Waals surface area (Å²) in [7, 11) is -2.23. The first kappa shape index (κ1) is 21.8. The summed E-state index contributed by atoms with van der Waals surface area (Å²) in [6.07, 6.45) is 4.72. The Morgan fingerprint density at radius 2 is 1.93 bits per heavy atom. The molecule has 0 aliphatic carbocycles. The summed E-state index contributed by atoms with van der Waals surface area (Å²) in [5.41, 5.74) is 1.63. The quantitative estimate of drug-likeness (QED) is 0.696. The third-order valence-electron chi connectivity index (χ3n) is 5.12. The van der Waals surface area contributed by atoms with Crippen LogP contribution in [0.15, 0.2) is 29.2 Å². The predicted octanol–water partition coefficient (Wildman–Crippen LogP) is 4.44. The summed E-state index contributed by atoms with van der Waals surface area (Å²) in [4.78, 5) is 14.6. The van der Waals surface area contributed by atoms with Crippen molar-refractivity contribution in [2.24, 2.45) is 0 Å². The van der Waals surface area contributed by atoms with Gasteiger partial charge < -0.3 is 10.1 Å². The highest BCUT2D eigenvalue weighted by Gasteiger charge is 2.29. The molecule has 3 rings (SSSR count). The van der Waals surface area contributed by atoms with E-state index in [0.29, 0.717) is 23.7 Å². The maximum absolute atomic E-state index is 13.1. The monoisotopic (exact) mass is 436 g/mol. The Morgan fingerprint density at radius 3 is 2.59 bits per heavy atom. The van der Waals surface area contributed by atoms with Crippen molar-refractivity contribution in [3.63, 3.8) is 0 Å². The maximum atomic E-state index is 13.1.